The average molecular weight is 329 g/mol. The van der Waals surface area contributed by atoms with Crippen LogP contribution in [0, 0.1) is 17.8 Å². The Morgan fingerprint density at radius 2 is 1.62 bits per heavy atom. The summed E-state index contributed by atoms with van der Waals surface area (Å²) in [7, 11) is 0. The monoisotopic (exact) mass is 329 g/mol. The molecule has 0 amide bonds. The number of hydrogen-bond acceptors (Lipinski definition) is 1. The smallest absolute Gasteiger partial charge is 0.190 e. The molecule has 1 heterocycles. The van der Waals surface area contributed by atoms with Crippen molar-refractivity contribution in [2.45, 2.75) is 57.8 Å². The highest BCUT2D eigenvalue weighted by molar-refractivity contribution is 5.27. The average Bonchev–Trinajstić information content (AvgIpc) is 2.62. The van der Waals surface area contributed by atoms with E-state index in [-0.39, 0.29) is 0 Å². The summed E-state index contributed by atoms with van der Waals surface area (Å²) in [6.07, 6.45) is 7.88. The van der Waals surface area contributed by atoms with Gasteiger partial charge in [-0.25, -0.2) is 0 Å². The quantitative estimate of drug-likeness (QED) is 0.629. The Morgan fingerprint density at radius 1 is 0.917 bits per heavy atom. The summed E-state index contributed by atoms with van der Waals surface area (Å²) >= 11 is 0. The van der Waals surface area contributed by atoms with Crippen LogP contribution in [0.5, 0.6) is 0 Å². The second-order valence-electron chi connectivity index (χ2n) is 6.95. The standard InChI is InChI=1S/C21H25F2N/c1-2-15-3-8-17(9-4-15)18-10-5-16(6-11-18)7-12-19-13-14-20(22)24-21(19)23/h5-6,10-11,13-15,17H,2-4,7-9,12H2,1H3/t15-,17-. The van der Waals surface area contributed by atoms with Crippen molar-refractivity contribution in [2.24, 2.45) is 5.92 Å². The van der Waals surface area contributed by atoms with E-state index >= 15 is 0 Å². The molecule has 1 fully saturated rings. The summed E-state index contributed by atoms with van der Waals surface area (Å²) in [6.45, 7) is 2.29. The molecule has 128 valence electrons. The van der Waals surface area contributed by atoms with Gasteiger partial charge in [-0.15, -0.1) is 0 Å². The maximum atomic E-state index is 13.6. The SMILES string of the molecule is CC[C@H]1CC[C@H](c2ccc(CCc3ccc(F)nc3F)cc2)CC1. The number of nitrogens with zero attached hydrogens (tertiary/aromatic N) is 1. The van der Waals surface area contributed by atoms with Crippen LogP contribution >= 0.6 is 0 Å². The van der Waals surface area contributed by atoms with Crippen molar-refractivity contribution >= 4 is 0 Å². The van der Waals surface area contributed by atoms with Crippen molar-refractivity contribution < 1.29 is 8.78 Å². The molecule has 3 heteroatoms. The molecule has 0 aliphatic heterocycles. The fraction of sp³-hybridized carbons (Fsp3) is 0.476. The Balaban J connectivity index is 1.57. The molecule has 24 heavy (non-hydrogen) atoms. The van der Waals surface area contributed by atoms with E-state index in [1.807, 2.05) is 0 Å². The molecule has 2 aromatic rings. The van der Waals surface area contributed by atoms with Crippen LogP contribution in [0.15, 0.2) is 36.4 Å². The van der Waals surface area contributed by atoms with Crippen molar-refractivity contribution in [3.63, 3.8) is 0 Å². The van der Waals surface area contributed by atoms with E-state index in [0.29, 0.717) is 17.9 Å². The zero-order valence-electron chi connectivity index (χ0n) is 14.3. The van der Waals surface area contributed by atoms with Gasteiger partial charge in [0.2, 0.25) is 11.9 Å². The number of halogens is 2. The van der Waals surface area contributed by atoms with Crippen LogP contribution in [0.1, 0.15) is 61.6 Å². The minimum absolute atomic E-state index is 0.471. The molecular weight excluding hydrogens is 304 g/mol. The Morgan fingerprint density at radius 3 is 2.25 bits per heavy atom. The molecule has 0 saturated heterocycles. The highest BCUT2D eigenvalue weighted by atomic mass is 19.1. The molecular formula is C21H25F2N. The highest BCUT2D eigenvalue weighted by Gasteiger charge is 2.21. The molecule has 0 unspecified atom stereocenters. The number of benzene rings is 1. The molecule has 0 atom stereocenters. The molecule has 1 aromatic heterocycles. The van der Waals surface area contributed by atoms with E-state index in [1.165, 1.54) is 55.4 Å². The highest BCUT2D eigenvalue weighted by Crippen LogP contribution is 2.36. The summed E-state index contributed by atoms with van der Waals surface area (Å²) in [5.41, 5.74) is 3.09. The van der Waals surface area contributed by atoms with Gasteiger partial charge in [-0.05, 0) is 73.6 Å². The van der Waals surface area contributed by atoms with E-state index < -0.39 is 11.9 Å². The van der Waals surface area contributed by atoms with Gasteiger partial charge < -0.3 is 0 Å². The van der Waals surface area contributed by atoms with Gasteiger partial charge in [0.25, 0.3) is 0 Å². The van der Waals surface area contributed by atoms with Crippen molar-refractivity contribution in [1.29, 1.82) is 0 Å². The minimum atomic E-state index is -0.765. The van der Waals surface area contributed by atoms with E-state index in [4.69, 9.17) is 0 Å². The summed E-state index contributed by atoms with van der Waals surface area (Å²) in [5.74, 6) is 0.151. The van der Waals surface area contributed by atoms with Gasteiger partial charge >= 0.3 is 0 Å². The van der Waals surface area contributed by atoms with E-state index in [0.717, 1.165) is 12.3 Å². The number of pyridine rings is 1. The van der Waals surface area contributed by atoms with Crippen LogP contribution in [-0.2, 0) is 12.8 Å². The zero-order valence-corrected chi connectivity index (χ0v) is 14.3. The maximum absolute atomic E-state index is 13.6. The largest absolute Gasteiger partial charge is 0.218 e. The fourth-order valence-electron chi connectivity index (χ4n) is 3.77. The summed E-state index contributed by atoms with van der Waals surface area (Å²) in [4.78, 5) is 3.24. The molecule has 1 aliphatic carbocycles. The molecule has 0 spiro atoms. The van der Waals surface area contributed by atoms with Gasteiger partial charge in [-0.3, -0.25) is 0 Å². The summed E-state index contributed by atoms with van der Waals surface area (Å²) in [6, 6.07) is 11.5. The van der Waals surface area contributed by atoms with E-state index in [1.54, 1.807) is 0 Å². The summed E-state index contributed by atoms with van der Waals surface area (Å²) in [5, 5.41) is 0. The molecule has 0 N–H and O–H groups in total. The molecule has 1 aromatic carbocycles. The lowest BCUT2D eigenvalue weighted by atomic mass is 9.78. The number of hydrogen-bond donors (Lipinski definition) is 0. The van der Waals surface area contributed by atoms with E-state index in [9.17, 15) is 8.78 Å². The van der Waals surface area contributed by atoms with Crippen LogP contribution in [0.4, 0.5) is 8.78 Å². The van der Waals surface area contributed by atoms with Gasteiger partial charge in [-0.2, -0.15) is 13.8 Å². The third-order valence-corrected chi connectivity index (χ3v) is 5.45. The van der Waals surface area contributed by atoms with Gasteiger partial charge in [0.05, 0.1) is 0 Å². The number of rotatable bonds is 5. The second kappa shape index (κ2) is 7.87. The van der Waals surface area contributed by atoms with Crippen LogP contribution in [0.2, 0.25) is 0 Å². The molecule has 0 radical (unpaired) electrons. The van der Waals surface area contributed by atoms with Crippen molar-refractivity contribution in [3.05, 3.63) is 65.0 Å². The minimum Gasteiger partial charge on any atom is -0.190 e. The Kier molecular flexibility index (Phi) is 5.60. The first kappa shape index (κ1) is 17.1. The third kappa shape index (κ3) is 4.19. The predicted molar refractivity (Wildman–Crippen MR) is 93.0 cm³/mol. The lowest BCUT2D eigenvalue weighted by Gasteiger charge is -2.28. The first-order valence-corrected chi connectivity index (χ1v) is 9.05. The normalized spacial score (nSPS) is 21.0. The van der Waals surface area contributed by atoms with E-state index in [2.05, 4.69) is 36.2 Å². The Labute approximate surface area is 143 Å². The summed E-state index contributed by atoms with van der Waals surface area (Å²) < 4.78 is 26.4. The first-order chi connectivity index (χ1) is 11.7. The molecule has 1 aliphatic rings. The zero-order chi connectivity index (χ0) is 16.9. The van der Waals surface area contributed by atoms with Crippen molar-refractivity contribution in [1.82, 2.24) is 4.98 Å². The van der Waals surface area contributed by atoms with Gasteiger partial charge in [0.15, 0.2) is 0 Å². The second-order valence-corrected chi connectivity index (χ2v) is 6.95. The number of aryl methyl sites for hydroxylation is 2. The first-order valence-electron chi connectivity index (χ1n) is 9.05. The van der Waals surface area contributed by atoms with Gasteiger partial charge in [0.1, 0.15) is 0 Å². The molecule has 1 saturated carbocycles. The lowest BCUT2D eigenvalue weighted by molar-refractivity contribution is 0.319. The van der Waals surface area contributed by atoms with Crippen molar-refractivity contribution in [2.75, 3.05) is 0 Å². The molecule has 1 nitrogen and oxygen atoms in total. The van der Waals surface area contributed by atoms with Crippen molar-refractivity contribution in [3.8, 4) is 0 Å². The van der Waals surface area contributed by atoms with Crippen LogP contribution in [-0.4, -0.2) is 4.98 Å². The topological polar surface area (TPSA) is 12.9 Å². The van der Waals surface area contributed by atoms with Gasteiger partial charge in [-0.1, -0.05) is 37.6 Å². The van der Waals surface area contributed by atoms with Gasteiger partial charge in [0, 0.05) is 5.56 Å². The third-order valence-electron chi connectivity index (χ3n) is 5.45. The maximum Gasteiger partial charge on any atom is 0.218 e. The molecule has 0 bridgehead atoms. The van der Waals surface area contributed by atoms with Crippen LogP contribution in [0.25, 0.3) is 0 Å². The Hall–Kier alpha value is -1.77. The fourth-order valence-corrected chi connectivity index (χ4v) is 3.77. The predicted octanol–water partition coefficient (Wildman–Crippen LogP) is 5.83. The number of aromatic nitrogens is 1. The Bertz CT molecular complexity index is 658. The molecule has 3 rings (SSSR count). The lowest BCUT2D eigenvalue weighted by Crippen LogP contribution is -2.12. The van der Waals surface area contributed by atoms with Crippen LogP contribution < -0.4 is 0 Å². The van der Waals surface area contributed by atoms with Crippen LogP contribution in [0.3, 0.4) is 0 Å².